The van der Waals surface area contributed by atoms with E-state index in [9.17, 15) is 24.4 Å². The summed E-state index contributed by atoms with van der Waals surface area (Å²) in [4.78, 5) is 53.6. The first-order valence-electron chi connectivity index (χ1n) is 9.77. The summed E-state index contributed by atoms with van der Waals surface area (Å²) < 4.78 is 5.18. The molecule has 0 saturated carbocycles. The van der Waals surface area contributed by atoms with Crippen LogP contribution in [0.5, 0.6) is 5.75 Å². The number of nitrogens with zero attached hydrogens (tertiary/aromatic N) is 2. The average molecular weight is 439 g/mol. The molecule has 0 spiro atoms. The molecule has 1 saturated heterocycles. The van der Waals surface area contributed by atoms with Crippen molar-refractivity contribution in [1.82, 2.24) is 20.5 Å². The summed E-state index contributed by atoms with van der Waals surface area (Å²) in [7, 11) is 1.49. The monoisotopic (exact) mass is 439 g/mol. The fourth-order valence-corrected chi connectivity index (χ4v) is 4.00. The van der Waals surface area contributed by atoms with Crippen molar-refractivity contribution in [3.63, 3.8) is 0 Å². The second kappa shape index (κ2) is 7.84. The van der Waals surface area contributed by atoms with Crippen molar-refractivity contribution in [3.8, 4) is 5.75 Å². The number of hydrogen-bond donors (Lipinski definition) is 4. The fourth-order valence-electron chi connectivity index (χ4n) is 4.00. The molecule has 3 heterocycles. The lowest BCUT2D eigenvalue weighted by Gasteiger charge is -2.31. The SMILES string of the molecule is COc1ccc2c(c1)C(=O)N(C[C@@]1(/C(Cc3c[nH]c(=O)c(C)c3)=N/O)NC(=O)NC1=O)C2. The van der Waals surface area contributed by atoms with Crippen molar-refractivity contribution in [3.05, 3.63) is 63.1 Å². The predicted molar refractivity (Wildman–Crippen MR) is 112 cm³/mol. The number of urea groups is 1. The second-order valence-corrected chi connectivity index (χ2v) is 7.74. The molecular weight excluding hydrogens is 418 g/mol. The fraction of sp³-hybridized carbons (Fsp3) is 0.286. The Hall–Kier alpha value is -4.15. The lowest BCUT2D eigenvalue weighted by Crippen LogP contribution is -2.61. The molecule has 1 fully saturated rings. The quantitative estimate of drug-likeness (QED) is 0.220. The third kappa shape index (κ3) is 3.47. The first-order valence-corrected chi connectivity index (χ1v) is 9.77. The van der Waals surface area contributed by atoms with E-state index in [0.717, 1.165) is 5.56 Å². The number of nitrogens with one attached hydrogen (secondary N) is 3. The molecule has 0 bridgehead atoms. The van der Waals surface area contributed by atoms with E-state index in [2.05, 4.69) is 20.8 Å². The Morgan fingerprint density at radius 1 is 1.25 bits per heavy atom. The third-order valence-corrected chi connectivity index (χ3v) is 5.70. The van der Waals surface area contributed by atoms with Gasteiger partial charge in [0.2, 0.25) is 0 Å². The molecule has 11 nitrogen and oxygen atoms in total. The standard InChI is InChI=1S/C21H21N5O6/c1-11-5-12(8-22-17(11)27)6-16(25-31)21(19(29)23-20(30)24-21)10-26-9-13-3-4-14(32-2)7-15(13)18(26)28/h3-5,7-8,31H,6,9-10H2,1-2H3,(H,22,27)(H2,23,24,29,30)/b25-16+/t21-/m0/s1. The van der Waals surface area contributed by atoms with Gasteiger partial charge in [0, 0.05) is 30.3 Å². The number of H-pyrrole nitrogens is 1. The number of pyridine rings is 1. The van der Waals surface area contributed by atoms with Crippen LogP contribution < -0.4 is 20.9 Å². The zero-order valence-electron chi connectivity index (χ0n) is 17.4. The maximum Gasteiger partial charge on any atom is 0.322 e. The highest BCUT2D eigenvalue weighted by Gasteiger charge is 2.53. The van der Waals surface area contributed by atoms with E-state index >= 15 is 0 Å². The van der Waals surface area contributed by atoms with Crippen LogP contribution in [0.2, 0.25) is 0 Å². The second-order valence-electron chi connectivity index (χ2n) is 7.74. The van der Waals surface area contributed by atoms with Crippen LogP contribution in [0.3, 0.4) is 0 Å². The molecule has 1 aromatic heterocycles. The van der Waals surface area contributed by atoms with Crippen molar-refractivity contribution >= 4 is 23.6 Å². The van der Waals surface area contributed by atoms with Gasteiger partial charge in [0.05, 0.1) is 19.4 Å². The van der Waals surface area contributed by atoms with Crippen LogP contribution in [-0.4, -0.2) is 57.8 Å². The summed E-state index contributed by atoms with van der Waals surface area (Å²) >= 11 is 0. The Bertz CT molecular complexity index is 1220. The van der Waals surface area contributed by atoms with Gasteiger partial charge in [0.1, 0.15) is 5.75 Å². The van der Waals surface area contributed by atoms with Crippen molar-refractivity contribution in [2.75, 3.05) is 13.7 Å². The molecule has 166 valence electrons. The van der Waals surface area contributed by atoms with Gasteiger partial charge >= 0.3 is 6.03 Å². The first kappa shape index (κ1) is 21.1. The molecule has 32 heavy (non-hydrogen) atoms. The molecular formula is C21H21N5O6. The normalized spacial score (nSPS) is 20.2. The Balaban J connectivity index is 1.67. The number of ether oxygens (including phenoxy) is 1. The van der Waals surface area contributed by atoms with Gasteiger partial charge in [-0.1, -0.05) is 11.2 Å². The van der Waals surface area contributed by atoms with Gasteiger partial charge < -0.3 is 25.1 Å². The number of amides is 4. The molecule has 4 amide bonds. The van der Waals surface area contributed by atoms with Crippen LogP contribution in [-0.2, 0) is 17.8 Å². The minimum atomic E-state index is -1.78. The van der Waals surface area contributed by atoms with Crippen molar-refractivity contribution in [2.24, 2.45) is 5.16 Å². The van der Waals surface area contributed by atoms with Crippen LogP contribution in [0.25, 0.3) is 0 Å². The van der Waals surface area contributed by atoms with Crippen molar-refractivity contribution < 1.29 is 24.3 Å². The molecule has 0 radical (unpaired) electrons. The van der Waals surface area contributed by atoms with E-state index in [1.54, 1.807) is 31.2 Å². The van der Waals surface area contributed by atoms with Gasteiger partial charge in [-0.25, -0.2) is 4.79 Å². The number of fused-ring (bicyclic) bond motifs is 1. The van der Waals surface area contributed by atoms with Gasteiger partial charge in [-0.05, 0) is 36.2 Å². The average Bonchev–Trinajstić information content (AvgIpc) is 3.23. The number of carbonyl (C=O) groups is 3. The third-order valence-electron chi connectivity index (χ3n) is 5.70. The summed E-state index contributed by atoms with van der Waals surface area (Å²) in [6, 6.07) is 5.93. The minimum Gasteiger partial charge on any atom is -0.497 e. The molecule has 2 aliphatic heterocycles. The molecule has 4 N–H and O–H groups in total. The van der Waals surface area contributed by atoms with Gasteiger partial charge in [-0.15, -0.1) is 0 Å². The van der Waals surface area contributed by atoms with E-state index in [1.165, 1.54) is 18.2 Å². The molecule has 1 aromatic carbocycles. The predicted octanol–water partition coefficient (Wildman–Crippen LogP) is 0.299. The number of methoxy groups -OCH3 is 1. The summed E-state index contributed by atoms with van der Waals surface area (Å²) in [5.41, 5.74) is 0.0501. The molecule has 2 aromatic rings. The molecule has 1 atom stereocenters. The lowest BCUT2D eigenvalue weighted by atomic mass is 9.88. The van der Waals surface area contributed by atoms with Crippen LogP contribution in [0, 0.1) is 6.92 Å². The van der Waals surface area contributed by atoms with Crippen LogP contribution in [0.1, 0.15) is 27.0 Å². The largest absolute Gasteiger partial charge is 0.497 e. The lowest BCUT2D eigenvalue weighted by molar-refractivity contribution is -0.122. The molecule has 0 aliphatic carbocycles. The van der Waals surface area contributed by atoms with E-state index in [0.29, 0.717) is 22.4 Å². The Morgan fingerprint density at radius 3 is 2.66 bits per heavy atom. The Labute approximate surface area is 182 Å². The molecule has 4 rings (SSSR count). The maximum absolute atomic E-state index is 13.0. The van der Waals surface area contributed by atoms with Crippen LogP contribution in [0.4, 0.5) is 4.79 Å². The number of carbonyl (C=O) groups excluding carboxylic acids is 3. The maximum atomic E-state index is 13.0. The molecule has 0 unspecified atom stereocenters. The Kier molecular flexibility index (Phi) is 5.17. The smallest absolute Gasteiger partial charge is 0.322 e. The van der Waals surface area contributed by atoms with E-state index in [4.69, 9.17) is 4.74 Å². The highest BCUT2D eigenvalue weighted by atomic mass is 16.5. The summed E-state index contributed by atoms with van der Waals surface area (Å²) in [6.07, 6.45) is 1.39. The van der Waals surface area contributed by atoms with Crippen molar-refractivity contribution in [2.45, 2.75) is 25.4 Å². The number of aromatic amines is 1. The summed E-state index contributed by atoms with van der Waals surface area (Å²) in [5, 5.41) is 17.8. The van der Waals surface area contributed by atoms with Crippen molar-refractivity contribution in [1.29, 1.82) is 0 Å². The zero-order valence-corrected chi connectivity index (χ0v) is 17.4. The number of oxime groups is 1. The van der Waals surface area contributed by atoms with E-state index < -0.39 is 17.5 Å². The van der Waals surface area contributed by atoms with E-state index in [1.807, 2.05) is 0 Å². The number of rotatable bonds is 6. The molecule has 2 aliphatic rings. The van der Waals surface area contributed by atoms with Gasteiger partial charge in [-0.3, -0.25) is 19.7 Å². The number of benzene rings is 1. The zero-order chi connectivity index (χ0) is 23.0. The number of aryl methyl sites for hydroxylation is 1. The highest BCUT2D eigenvalue weighted by Crippen LogP contribution is 2.29. The number of hydrogen-bond acceptors (Lipinski definition) is 7. The minimum absolute atomic E-state index is 0.0510. The van der Waals surface area contributed by atoms with Crippen LogP contribution in [0.15, 0.2) is 40.4 Å². The number of aromatic nitrogens is 1. The molecule has 11 heteroatoms. The summed E-state index contributed by atoms with van der Waals surface area (Å²) in [5.74, 6) is -0.561. The number of imide groups is 1. The van der Waals surface area contributed by atoms with Gasteiger partial charge in [-0.2, -0.15) is 0 Å². The summed E-state index contributed by atoms with van der Waals surface area (Å²) in [6.45, 7) is 1.58. The topological polar surface area (TPSA) is 153 Å². The van der Waals surface area contributed by atoms with E-state index in [-0.39, 0.29) is 36.7 Å². The van der Waals surface area contributed by atoms with Gasteiger partial charge in [0.25, 0.3) is 17.4 Å². The van der Waals surface area contributed by atoms with Gasteiger partial charge in [0.15, 0.2) is 5.54 Å². The van der Waals surface area contributed by atoms with Crippen LogP contribution >= 0.6 is 0 Å². The Morgan fingerprint density at radius 2 is 2.03 bits per heavy atom. The first-order chi connectivity index (χ1) is 15.3. The highest BCUT2D eigenvalue weighted by molar-refractivity contribution is 6.23.